The molecular formula is C15H20Cl2N3O2+. The van der Waals surface area contributed by atoms with Gasteiger partial charge in [-0.3, -0.25) is 9.59 Å². The largest absolute Gasteiger partial charge is 0.348 e. The third-order valence-electron chi connectivity index (χ3n) is 3.70. The van der Waals surface area contributed by atoms with Crippen LogP contribution in [-0.2, 0) is 9.59 Å². The lowest BCUT2D eigenvalue weighted by atomic mass is 10.2. The first kappa shape index (κ1) is 17.1. The van der Waals surface area contributed by atoms with Gasteiger partial charge in [0.2, 0.25) is 0 Å². The molecule has 120 valence electrons. The molecule has 1 fully saturated rings. The van der Waals surface area contributed by atoms with E-state index >= 15 is 0 Å². The number of carbonyl (C=O) groups is 2. The van der Waals surface area contributed by atoms with Crippen LogP contribution >= 0.6 is 23.2 Å². The van der Waals surface area contributed by atoms with Crippen molar-refractivity contribution in [1.29, 1.82) is 0 Å². The molecule has 1 aromatic rings. The summed E-state index contributed by atoms with van der Waals surface area (Å²) < 4.78 is 0. The number of carbonyl (C=O) groups excluding carboxylic acids is 2. The zero-order valence-electron chi connectivity index (χ0n) is 12.6. The van der Waals surface area contributed by atoms with Gasteiger partial charge in [0.15, 0.2) is 12.6 Å². The average molecular weight is 345 g/mol. The fourth-order valence-electron chi connectivity index (χ4n) is 1.97. The summed E-state index contributed by atoms with van der Waals surface area (Å²) in [7, 11) is 1.82. The van der Waals surface area contributed by atoms with E-state index in [0.717, 1.165) is 17.7 Å². The van der Waals surface area contributed by atoms with Crippen LogP contribution in [0.5, 0.6) is 0 Å². The lowest BCUT2D eigenvalue weighted by Gasteiger charge is -2.21. The number of hydrogen-bond donors (Lipinski definition) is 3. The Labute approximate surface area is 139 Å². The van der Waals surface area contributed by atoms with Gasteiger partial charge in [-0.25, -0.2) is 0 Å². The van der Waals surface area contributed by atoms with Gasteiger partial charge in [-0.2, -0.15) is 0 Å². The smallest absolute Gasteiger partial charge is 0.282 e. The quantitative estimate of drug-likeness (QED) is 0.723. The van der Waals surface area contributed by atoms with Gasteiger partial charge < -0.3 is 15.5 Å². The Kier molecular flexibility index (Phi) is 5.67. The number of hydrogen-bond acceptors (Lipinski definition) is 2. The van der Waals surface area contributed by atoms with Crippen LogP contribution in [0.4, 0.5) is 5.69 Å². The number of halogens is 2. The van der Waals surface area contributed by atoms with E-state index in [9.17, 15) is 9.59 Å². The number of likely N-dealkylation sites (N-methyl/N-ethyl adjacent to an activating group) is 1. The van der Waals surface area contributed by atoms with E-state index in [4.69, 9.17) is 23.2 Å². The van der Waals surface area contributed by atoms with E-state index in [1.165, 1.54) is 0 Å². The molecule has 22 heavy (non-hydrogen) atoms. The number of benzene rings is 1. The van der Waals surface area contributed by atoms with Crippen LogP contribution in [0.1, 0.15) is 19.8 Å². The van der Waals surface area contributed by atoms with Gasteiger partial charge in [0.25, 0.3) is 11.8 Å². The average Bonchev–Trinajstić information content (AvgIpc) is 3.25. The van der Waals surface area contributed by atoms with Crippen LogP contribution in [0.25, 0.3) is 0 Å². The van der Waals surface area contributed by atoms with Crippen LogP contribution < -0.4 is 15.5 Å². The summed E-state index contributed by atoms with van der Waals surface area (Å²) in [5.41, 5.74) is 0.473. The standard InChI is InChI=1S/C15H19Cl2N3O2/c1-9(20(2)8-14(21)18-11-4-5-11)15(22)19-13-7-10(16)3-6-12(13)17/h3,6-7,9,11H,4-5,8H2,1-2H3,(H,18,21)(H,19,22)/p+1/t9-/m0/s1. The van der Waals surface area contributed by atoms with Gasteiger partial charge in [0, 0.05) is 11.1 Å². The zero-order valence-corrected chi connectivity index (χ0v) is 14.1. The summed E-state index contributed by atoms with van der Waals surface area (Å²) in [5.74, 6) is -0.235. The lowest BCUT2D eigenvalue weighted by molar-refractivity contribution is -0.885. The number of nitrogens with one attached hydrogen (secondary N) is 3. The second-order valence-electron chi connectivity index (χ2n) is 5.70. The monoisotopic (exact) mass is 344 g/mol. The minimum absolute atomic E-state index is 0.0274. The van der Waals surface area contributed by atoms with Crippen molar-refractivity contribution in [3.05, 3.63) is 28.2 Å². The molecule has 2 amide bonds. The Morgan fingerprint density at radius 1 is 1.36 bits per heavy atom. The molecule has 0 heterocycles. The highest BCUT2D eigenvalue weighted by Gasteiger charge is 2.28. The fraction of sp³-hybridized carbons (Fsp3) is 0.467. The molecule has 0 spiro atoms. The predicted molar refractivity (Wildman–Crippen MR) is 87.5 cm³/mol. The van der Waals surface area contributed by atoms with Gasteiger partial charge in [-0.15, -0.1) is 0 Å². The molecule has 0 radical (unpaired) electrons. The molecule has 1 saturated carbocycles. The van der Waals surface area contributed by atoms with Crippen molar-refractivity contribution in [3.63, 3.8) is 0 Å². The van der Waals surface area contributed by atoms with Crippen molar-refractivity contribution in [2.24, 2.45) is 0 Å². The van der Waals surface area contributed by atoms with Gasteiger partial charge in [0.05, 0.1) is 17.8 Å². The van der Waals surface area contributed by atoms with Crippen molar-refractivity contribution in [2.75, 3.05) is 18.9 Å². The van der Waals surface area contributed by atoms with Crippen molar-refractivity contribution >= 4 is 40.7 Å². The maximum atomic E-state index is 12.3. The second kappa shape index (κ2) is 7.31. The molecule has 1 aliphatic rings. The summed E-state index contributed by atoms with van der Waals surface area (Å²) in [6.07, 6.45) is 2.10. The fourth-order valence-corrected chi connectivity index (χ4v) is 2.31. The summed E-state index contributed by atoms with van der Waals surface area (Å²) >= 11 is 11.9. The van der Waals surface area contributed by atoms with Crippen LogP contribution in [0.2, 0.25) is 10.0 Å². The van der Waals surface area contributed by atoms with Crippen molar-refractivity contribution in [1.82, 2.24) is 5.32 Å². The molecule has 1 unspecified atom stereocenters. The van der Waals surface area contributed by atoms with Gasteiger partial charge in [-0.1, -0.05) is 23.2 Å². The first-order valence-corrected chi connectivity index (χ1v) is 8.00. The summed E-state index contributed by atoms with van der Waals surface area (Å²) in [5, 5.41) is 6.59. The minimum atomic E-state index is -0.389. The molecule has 1 aromatic carbocycles. The third kappa shape index (κ3) is 4.87. The molecule has 2 rings (SSSR count). The van der Waals surface area contributed by atoms with Gasteiger partial charge >= 0.3 is 0 Å². The summed E-state index contributed by atoms with van der Waals surface area (Å²) in [6.45, 7) is 2.03. The first-order chi connectivity index (χ1) is 10.4. The molecule has 3 N–H and O–H groups in total. The van der Waals surface area contributed by atoms with E-state index < -0.39 is 0 Å². The van der Waals surface area contributed by atoms with Crippen molar-refractivity contribution < 1.29 is 14.5 Å². The van der Waals surface area contributed by atoms with Crippen LogP contribution in [0.15, 0.2) is 18.2 Å². The van der Waals surface area contributed by atoms with E-state index in [0.29, 0.717) is 21.8 Å². The maximum absolute atomic E-state index is 12.3. The Morgan fingerprint density at radius 3 is 2.68 bits per heavy atom. The molecule has 5 nitrogen and oxygen atoms in total. The molecule has 7 heteroatoms. The van der Waals surface area contributed by atoms with Crippen LogP contribution in [-0.4, -0.2) is 37.5 Å². The highest BCUT2D eigenvalue weighted by molar-refractivity contribution is 6.35. The first-order valence-electron chi connectivity index (χ1n) is 7.24. The lowest BCUT2D eigenvalue weighted by Crippen LogP contribution is -3.15. The molecule has 1 aliphatic carbocycles. The number of rotatable bonds is 6. The van der Waals surface area contributed by atoms with Gasteiger partial charge in [0.1, 0.15) is 0 Å². The normalized spacial score (nSPS) is 16.7. The predicted octanol–water partition coefficient (Wildman–Crippen LogP) is 1.11. The second-order valence-corrected chi connectivity index (χ2v) is 6.54. The third-order valence-corrected chi connectivity index (χ3v) is 4.27. The Morgan fingerprint density at radius 2 is 2.05 bits per heavy atom. The zero-order chi connectivity index (χ0) is 16.3. The Balaban J connectivity index is 1.89. The molecule has 0 aliphatic heterocycles. The number of amides is 2. The number of quaternary nitrogens is 1. The maximum Gasteiger partial charge on any atom is 0.282 e. The van der Waals surface area contributed by atoms with Crippen LogP contribution in [0, 0.1) is 0 Å². The SMILES string of the molecule is C[C@@H](C(=O)Nc1cc(Cl)ccc1Cl)[NH+](C)CC(=O)NC1CC1. The minimum Gasteiger partial charge on any atom is -0.348 e. The Bertz CT molecular complexity index is 576. The molecule has 0 bridgehead atoms. The van der Waals surface area contributed by atoms with E-state index in [1.54, 1.807) is 25.1 Å². The summed E-state index contributed by atoms with van der Waals surface area (Å²) in [6, 6.07) is 4.82. The van der Waals surface area contributed by atoms with Crippen molar-refractivity contribution in [2.45, 2.75) is 31.8 Å². The highest BCUT2D eigenvalue weighted by Crippen LogP contribution is 2.25. The molecular weight excluding hydrogens is 325 g/mol. The number of anilines is 1. The Hall–Kier alpha value is -1.30. The van der Waals surface area contributed by atoms with Crippen molar-refractivity contribution in [3.8, 4) is 0 Å². The molecule has 2 atom stereocenters. The molecule has 0 saturated heterocycles. The van der Waals surface area contributed by atoms with E-state index in [-0.39, 0.29) is 24.4 Å². The topological polar surface area (TPSA) is 62.6 Å². The summed E-state index contributed by atoms with van der Waals surface area (Å²) in [4.78, 5) is 24.9. The van der Waals surface area contributed by atoms with Crippen LogP contribution in [0.3, 0.4) is 0 Å². The van der Waals surface area contributed by atoms with E-state index in [1.807, 2.05) is 7.05 Å². The van der Waals surface area contributed by atoms with Gasteiger partial charge in [-0.05, 0) is 38.0 Å². The van der Waals surface area contributed by atoms with E-state index in [2.05, 4.69) is 10.6 Å². The molecule has 0 aromatic heterocycles. The highest BCUT2D eigenvalue weighted by atomic mass is 35.5.